The molecule has 0 aliphatic carbocycles. The molecule has 0 aliphatic rings. The first-order chi connectivity index (χ1) is 13.4. The van der Waals surface area contributed by atoms with E-state index in [1.54, 1.807) is 24.7 Å². The maximum Gasteiger partial charge on any atom is 0.256 e. The number of halogens is 2. The van der Waals surface area contributed by atoms with E-state index < -0.39 is 17.5 Å². The Hall–Kier alpha value is -3.61. The highest BCUT2D eigenvalue weighted by atomic mass is 19.1. The fourth-order valence-corrected chi connectivity index (χ4v) is 3.16. The molecule has 0 radical (unpaired) electrons. The van der Waals surface area contributed by atoms with E-state index in [0.29, 0.717) is 28.0 Å². The molecule has 0 unspecified atom stereocenters. The van der Waals surface area contributed by atoms with Crippen LogP contribution in [0.25, 0.3) is 22.3 Å². The smallest absolute Gasteiger partial charge is 0.256 e. The molecular weight excluding hydrogens is 362 g/mol. The number of nitrogens with zero attached hydrogens (tertiary/aromatic N) is 3. The van der Waals surface area contributed by atoms with Crippen LogP contribution in [0, 0.1) is 18.6 Å². The Morgan fingerprint density at radius 1 is 1.07 bits per heavy atom. The second kappa shape index (κ2) is 6.84. The highest BCUT2D eigenvalue weighted by Gasteiger charge is 2.20. The number of nitrogens with one attached hydrogen (secondary N) is 1. The fourth-order valence-electron chi connectivity index (χ4n) is 3.16. The number of rotatable bonds is 3. The molecule has 0 aliphatic heterocycles. The normalized spacial score (nSPS) is 11.0. The van der Waals surface area contributed by atoms with Crippen molar-refractivity contribution >= 4 is 22.6 Å². The van der Waals surface area contributed by atoms with Crippen LogP contribution in [0.5, 0.6) is 0 Å². The molecule has 5 nitrogen and oxygen atoms in total. The maximum atomic E-state index is 14.0. The lowest BCUT2D eigenvalue weighted by Crippen LogP contribution is -2.14. The van der Waals surface area contributed by atoms with Gasteiger partial charge in [-0.2, -0.15) is 5.10 Å². The molecule has 0 bridgehead atoms. The number of carbonyl (C=O) groups excluding carboxylic acids is 1. The number of fused-ring (bicyclic) bond motifs is 1. The van der Waals surface area contributed by atoms with E-state index in [4.69, 9.17) is 0 Å². The standard InChI is InChI=1S/C21H16F2N4O/c1-12-19-15(21(28)25-17-9-8-14(22)10-16(17)23)11-18(13-6-4-3-5-7-13)24-20(19)27(2)26-12/h3-11H,1-2H3,(H,25,28). The van der Waals surface area contributed by atoms with Gasteiger partial charge in [0.05, 0.1) is 28.0 Å². The first-order valence-electron chi connectivity index (χ1n) is 8.60. The third-order valence-electron chi connectivity index (χ3n) is 4.46. The van der Waals surface area contributed by atoms with Crippen molar-refractivity contribution in [3.8, 4) is 11.3 Å². The van der Waals surface area contributed by atoms with E-state index in [9.17, 15) is 13.6 Å². The summed E-state index contributed by atoms with van der Waals surface area (Å²) in [5, 5.41) is 7.46. The quantitative estimate of drug-likeness (QED) is 0.572. The van der Waals surface area contributed by atoms with Crippen molar-refractivity contribution in [3.63, 3.8) is 0 Å². The minimum absolute atomic E-state index is 0.0980. The van der Waals surface area contributed by atoms with Gasteiger partial charge in [-0.05, 0) is 25.1 Å². The zero-order valence-electron chi connectivity index (χ0n) is 15.2. The van der Waals surface area contributed by atoms with Crippen molar-refractivity contribution in [1.29, 1.82) is 0 Å². The lowest BCUT2D eigenvalue weighted by Gasteiger charge is -2.10. The lowest BCUT2D eigenvalue weighted by molar-refractivity contribution is 0.102. The second-order valence-corrected chi connectivity index (χ2v) is 6.41. The van der Waals surface area contributed by atoms with Gasteiger partial charge in [0, 0.05) is 18.7 Å². The van der Waals surface area contributed by atoms with Crippen molar-refractivity contribution in [3.05, 3.63) is 77.5 Å². The summed E-state index contributed by atoms with van der Waals surface area (Å²) in [6, 6.07) is 14.1. The summed E-state index contributed by atoms with van der Waals surface area (Å²) in [4.78, 5) is 17.6. The van der Waals surface area contributed by atoms with Crippen LogP contribution in [-0.2, 0) is 7.05 Å². The first kappa shape index (κ1) is 17.8. The van der Waals surface area contributed by atoms with Crippen LogP contribution < -0.4 is 5.32 Å². The Morgan fingerprint density at radius 2 is 1.82 bits per heavy atom. The summed E-state index contributed by atoms with van der Waals surface area (Å²) in [5.41, 5.74) is 2.83. The molecule has 1 N–H and O–H groups in total. The molecule has 0 spiro atoms. The van der Waals surface area contributed by atoms with Gasteiger partial charge >= 0.3 is 0 Å². The van der Waals surface area contributed by atoms with Crippen LogP contribution in [0.4, 0.5) is 14.5 Å². The number of amides is 1. The summed E-state index contributed by atoms with van der Waals surface area (Å²) in [5.74, 6) is -2.08. The number of carbonyl (C=O) groups is 1. The summed E-state index contributed by atoms with van der Waals surface area (Å²) in [7, 11) is 1.75. The van der Waals surface area contributed by atoms with E-state index in [0.717, 1.165) is 17.7 Å². The molecule has 0 fully saturated rings. The molecule has 4 rings (SSSR count). The molecule has 7 heteroatoms. The van der Waals surface area contributed by atoms with Gasteiger partial charge < -0.3 is 5.32 Å². The maximum absolute atomic E-state index is 14.0. The van der Waals surface area contributed by atoms with Crippen LogP contribution >= 0.6 is 0 Å². The Balaban J connectivity index is 1.86. The van der Waals surface area contributed by atoms with E-state index >= 15 is 0 Å². The van der Waals surface area contributed by atoms with Crippen molar-refractivity contribution < 1.29 is 13.6 Å². The predicted octanol–water partition coefficient (Wildman–Crippen LogP) is 4.47. The summed E-state index contributed by atoms with van der Waals surface area (Å²) >= 11 is 0. The second-order valence-electron chi connectivity index (χ2n) is 6.41. The number of aryl methyl sites for hydroxylation is 2. The molecule has 2 heterocycles. The minimum atomic E-state index is -0.843. The van der Waals surface area contributed by atoms with Crippen molar-refractivity contribution in [2.75, 3.05) is 5.32 Å². The summed E-state index contributed by atoms with van der Waals surface area (Å²) < 4.78 is 28.7. The SMILES string of the molecule is Cc1nn(C)c2nc(-c3ccccc3)cc(C(=O)Nc3ccc(F)cc3F)c12. The monoisotopic (exact) mass is 378 g/mol. The third kappa shape index (κ3) is 3.11. The van der Waals surface area contributed by atoms with Gasteiger partial charge in [0.1, 0.15) is 11.6 Å². The molecule has 28 heavy (non-hydrogen) atoms. The molecule has 1 amide bonds. The molecule has 0 saturated heterocycles. The largest absolute Gasteiger partial charge is 0.319 e. The van der Waals surface area contributed by atoms with Crippen LogP contribution in [0.3, 0.4) is 0 Å². The van der Waals surface area contributed by atoms with E-state index in [2.05, 4.69) is 15.4 Å². The Kier molecular flexibility index (Phi) is 4.35. The van der Waals surface area contributed by atoms with Crippen molar-refractivity contribution in [1.82, 2.24) is 14.8 Å². The van der Waals surface area contributed by atoms with E-state index in [1.807, 2.05) is 30.3 Å². The summed E-state index contributed by atoms with van der Waals surface area (Å²) in [6.45, 7) is 1.78. The molecule has 2 aromatic heterocycles. The Labute approximate surface area is 159 Å². The van der Waals surface area contributed by atoms with Crippen molar-refractivity contribution in [2.24, 2.45) is 7.05 Å². The average Bonchev–Trinajstić information content (AvgIpc) is 2.98. The minimum Gasteiger partial charge on any atom is -0.319 e. The lowest BCUT2D eigenvalue weighted by atomic mass is 10.0. The molecular formula is C21H16F2N4O. The predicted molar refractivity (Wildman–Crippen MR) is 103 cm³/mol. The van der Waals surface area contributed by atoms with Crippen LogP contribution in [0.2, 0.25) is 0 Å². The number of aromatic nitrogens is 3. The van der Waals surface area contributed by atoms with Gasteiger partial charge in [-0.1, -0.05) is 30.3 Å². The molecule has 4 aromatic rings. The number of benzene rings is 2. The van der Waals surface area contributed by atoms with Gasteiger partial charge in [-0.25, -0.2) is 13.8 Å². The van der Waals surface area contributed by atoms with Crippen LogP contribution in [0.1, 0.15) is 16.1 Å². The highest BCUT2D eigenvalue weighted by molar-refractivity contribution is 6.13. The highest BCUT2D eigenvalue weighted by Crippen LogP contribution is 2.28. The van der Waals surface area contributed by atoms with E-state index in [-0.39, 0.29) is 5.69 Å². The third-order valence-corrected chi connectivity index (χ3v) is 4.46. The zero-order chi connectivity index (χ0) is 19.8. The van der Waals surface area contributed by atoms with Crippen molar-refractivity contribution in [2.45, 2.75) is 6.92 Å². The fraction of sp³-hybridized carbons (Fsp3) is 0.0952. The summed E-state index contributed by atoms with van der Waals surface area (Å²) in [6.07, 6.45) is 0. The topological polar surface area (TPSA) is 59.8 Å². The molecule has 140 valence electrons. The first-order valence-corrected chi connectivity index (χ1v) is 8.60. The van der Waals surface area contributed by atoms with Gasteiger partial charge in [0.25, 0.3) is 5.91 Å². The van der Waals surface area contributed by atoms with Gasteiger partial charge in [0.15, 0.2) is 5.65 Å². The Morgan fingerprint density at radius 3 is 2.54 bits per heavy atom. The average molecular weight is 378 g/mol. The van der Waals surface area contributed by atoms with Crippen LogP contribution in [0.15, 0.2) is 54.6 Å². The van der Waals surface area contributed by atoms with E-state index in [1.165, 1.54) is 6.07 Å². The number of anilines is 1. The molecule has 0 saturated carbocycles. The zero-order valence-corrected chi connectivity index (χ0v) is 15.2. The van der Waals surface area contributed by atoms with Gasteiger partial charge in [0.2, 0.25) is 0 Å². The Bertz CT molecular complexity index is 1200. The number of hydrogen-bond acceptors (Lipinski definition) is 3. The number of pyridine rings is 1. The molecule has 0 atom stereocenters. The van der Waals surface area contributed by atoms with Crippen LogP contribution in [-0.4, -0.2) is 20.7 Å². The van der Waals surface area contributed by atoms with Gasteiger partial charge in [-0.15, -0.1) is 0 Å². The molecule has 2 aromatic carbocycles. The number of hydrogen-bond donors (Lipinski definition) is 1. The van der Waals surface area contributed by atoms with Gasteiger partial charge in [-0.3, -0.25) is 9.48 Å².